The van der Waals surface area contributed by atoms with Gasteiger partial charge in [0.1, 0.15) is 0 Å². The fourth-order valence-electron chi connectivity index (χ4n) is 4.28. The van der Waals surface area contributed by atoms with Crippen LogP contribution in [0.4, 0.5) is 0 Å². The highest BCUT2D eigenvalue weighted by molar-refractivity contribution is 6.30. The first-order valence-corrected chi connectivity index (χ1v) is 10.8. The minimum Gasteiger partial charge on any atom is -0.337 e. The molecule has 0 saturated heterocycles. The third-order valence-corrected chi connectivity index (χ3v) is 6.13. The van der Waals surface area contributed by atoms with Crippen molar-refractivity contribution in [3.8, 4) is 11.3 Å². The van der Waals surface area contributed by atoms with Crippen LogP contribution in [-0.4, -0.2) is 27.5 Å². The van der Waals surface area contributed by atoms with Crippen molar-refractivity contribution in [3.63, 3.8) is 0 Å². The van der Waals surface area contributed by atoms with Crippen LogP contribution in [0.1, 0.15) is 28.3 Å². The molecule has 5 rings (SSSR count). The molecule has 3 aromatic carbocycles. The zero-order valence-electron chi connectivity index (χ0n) is 17.0. The Bertz CT molecular complexity index is 1150. The molecule has 0 saturated carbocycles. The van der Waals surface area contributed by atoms with Gasteiger partial charge in [-0.3, -0.25) is 9.89 Å². The summed E-state index contributed by atoms with van der Waals surface area (Å²) in [6, 6.07) is 27.7. The Morgan fingerprint density at radius 1 is 0.903 bits per heavy atom. The lowest BCUT2D eigenvalue weighted by Gasteiger charge is -2.31. The van der Waals surface area contributed by atoms with Crippen molar-refractivity contribution in [3.05, 3.63) is 112 Å². The van der Waals surface area contributed by atoms with E-state index < -0.39 is 0 Å². The van der Waals surface area contributed by atoms with Crippen LogP contribution in [0.2, 0.25) is 5.02 Å². The molecule has 0 aliphatic carbocycles. The van der Waals surface area contributed by atoms with Crippen molar-refractivity contribution in [2.45, 2.75) is 18.9 Å². The SMILES string of the molecule is O=C(C(c1ccccc1)c1ccccc1)N1CCc2[nH]nc(-c3ccc(Cl)cc3)c2C1. The van der Waals surface area contributed by atoms with Gasteiger partial charge in [-0.1, -0.05) is 84.4 Å². The highest BCUT2D eigenvalue weighted by Gasteiger charge is 2.31. The monoisotopic (exact) mass is 427 g/mol. The van der Waals surface area contributed by atoms with Gasteiger partial charge in [-0.2, -0.15) is 5.10 Å². The minimum atomic E-state index is -0.324. The number of H-pyrrole nitrogens is 1. The number of benzene rings is 3. The maximum atomic E-state index is 13.8. The second-order valence-electron chi connectivity index (χ2n) is 7.80. The predicted molar refractivity (Wildman–Crippen MR) is 123 cm³/mol. The summed E-state index contributed by atoms with van der Waals surface area (Å²) < 4.78 is 0. The number of fused-ring (bicyclic) bond motifs is 1. The van der Waals surface area contributed by atoms with Crippen molar-refractivity contribution in [2.24, 2.45) is 0 Å². The number of rotatable bonds is 4. The molecule has 0 unspecified atom stereocenters. The number of halogens is 1. The number of aromatic nitrogens is 2. The molecule has 0 bridgehead atoms. The van der Waals surface area contributed by atoms with Gasteiger partial charge in [-0.15, -0.1) is 0 Å². The maximum absolute atomic E-state index is 13.8. The predicted octanol–water partition coefficient (Wildman–Crippen LogP) is 5.45. The Morgan fingerprint density at radius 2 is 1.52 bits per heavy atom. The van der Waals surface area contributed by atoms with Crippen LogP contribution in [0.5, 0.6) is 0 Å². The maximum Gasteiger partial charge on any atom is 0.234 e. The van der Waals surface area contributed by atoms with Crippen LogP contribution in [0.3, 0.4) is 0 Å². The van der Waals surface area contributed by atoms with Gasteiger partial charge in [0.2, 0.25) is 5.91 Å². The molecule has 4 aromatic rings. The van der Waals surface area contributed by atoms with Gasteiger partial charge in [0.25, 0.3) is 0 Å². The second kappa shape index (κ2) is 8.40. The molecule has 31 heavy (non-hydrogen) atoms. The lowest BCUT2D eigenvalue weighted by Crippen LogP contribution is -2.39. The Labute approximate surface area is 186 Å². The normalized spacial score (nSPS) is 13.3. The van der Waals surface area contributed by atoms with Crippen LogP contribution in [0.25, 0.3) is 11.3 Å². The number of hydrogen-bond acceptors (Lipinski definition) is 2. The van der Waals surface area contributed by atoms with Crippen molar-refractivity contribution in [1.82, 2.24) is 15.1 Å². The van der Waals surface area contributed by atoms with Gasteiger partial charge in [0, 0.05) is 41.4 Å². The third kappa shape index (κ3) is 3.87. The molecule has 1 aromatic heterocycles. The molecule has 1 aliphatic heterocycles. The van der Waals surface area contributed by atoms with E-state index in [4.69, 9.17) is 11.6 Å². The molecular formula is C26H22ClN3O. The minimum absolute atomic E-state index is 0.117. The summed E-state index contributed by atoms with van der Waals surface area (Å²) in [7, 11) is 0. The number of nitrogens with zero attached hydrogens (tertiary/aromatic N) is 2. The van der Waals surface area contributed by atoms with E-state index in [1.165, 1.54) is 0 Å². The lowest BCUT2D eigenvalue weighted by atomic mass is 9.89. The van der Waals surface area contributed by atoms with Crippen molar-refractivity contribution in [2.75, 3.05) is 6.54 Å². The van der Waals surface area contributed by atoms with Gasteiger partial charge in [0.15, 0.2) is 0 Å². The van der Waals surface area contributed by atoms with Gasteiger partial charge < -0.3 is 4.90 Å². The first-order valence-electron chi connectivity index (χ1n) is 10.4. The highest BCUT2D eigenvalue weighted by atomic mass is 35.5. The zero-order valence-corrected chi connectivity index (χ0v) is 17.7. The molecule has 1 amide bonds. The molecule has 1 N–H and O–H groups in total. The number of carbonyl (C=O) groups excluding carboxylic acids is 1. The topological polar surface area (TPSA) is 49.0 Å². The standard InChI is InChI=1S/C26H22ClN3O/c27-21-13-11-20(12-14-21)25-22-17-30(16-15-23(22)28-29-25)26(31)24(18-7-3-1-4-8-18)19-9-5-2-6-10-19/h1-14,24H,15-17H2,(H,28,29). The summed E-state index contributed by atoms with van der Waals surface area (Å²) in [6.07, 6.45) is 0.762. The number of hydrogen-bond donors (Lipinski definition) is 1. The fourth-order valence-corrected chi connectivity index (χ4v) is 4.41. The average molecular weight is 428 g/mol. The molecule has 154 valence electrons. The number of carbonyl (C=O) groups is 1. The van der Waals surface area contributed by atoms with Crippen LogP contribution >= 0.6 is 11.6 Å². The van der Waals surface area contributed by atoms with E-state index in [2.05, 4.69) is 10.2 Å². The smallest absolute Gasteiger partial charge is 0.234 e. The fraction of sp³-hybridized carbons (Fsp3) is 0.154. The molecule has 4 nitrogen and oxygen atoms in total. The van der Waals surface area contributed by atoms with Gasteiger partial charge in [-0.25, -0.2) is 0 Å². The molecule has 0 fully saturated rings. The van der Waals surface area contributed by atoms with Gasteiger partial charge >= 0.3 is 0 Å². The van der Waals surface area contributed by atoms with Crippen molar-refractivity contribution < 1.29 is 4.79 Å². The summed E-state index contributed by atoms with van der Waals surface area (Å²) in [5, 5.41) is 8.41. The van der Waals surface area contributed by atoms with Crippen molar-refractivity contribution in [1.29, 1.82) is 0 Å². The first kappa shape index (κ1) is 19.6. The number of aromatic amines is 1. The van der Waals surface area contributed by atoms with E-state index in [0.717, 1.165) is 40.1 Å². The zero-order chi connectivity index (χ0) is 21.2. The largest absolute Gasteiger partial charge is 0.337 e. The Morgan fingerprint density at radius 3 is 2.13 bits per heavy atom. The number of nitrogens with one attached hydrogen (secondary N) is 1. The number of amides is 1. The van der Waals surface area contributed by atoms with Crippen LogP contribution < -0.4 is 0 Å². The van der Waals surface area contributed by atoms with Crippen molar-refractivity contribution >= 4 is 17.5 Å². The second-order valence-corrected chi connectivity index (χ2v) is 8.24. The molecular weight excluding hydrogens is 406 g/mol. The molecule has 1 aliphatic rings. The molecule has 2 heterocycles. The molecule has 0 radical (unpaired) electrons. The summed E-state index contributed by atoms with van der Waals surface area (Å²) in [5.74, 6) is -0.207. The molecule has 0 spiro atoms. The summed E-state index contributed by atoms with van der Waals surface area (Å²) in [4.78, 5) is 15.8. The third-order valence-electron chi connectivity index (χ3n) is 5.88. The summed E-state index contributed by atoms with van der Waals surface area (Å²) >= 11 is 6.05. The Hall–Kier alpha value is -3.37. The van der Waals surface area contributed by atoms with Gasteiger partial charge in [-0.05, 0) is 23.3 Å². The van der Waals surface area contributed by atoms with E-state index in [0.29, 0.717) is 18.1 Å². The van der Waals surface area contributed by atoms with E-state index in [-0.39, 0.29) is 11.8 Å². The average Bonchev–Trinajstić information content (AvgIpc) is 3.24. The highest BCUT2D eigenvalue weighted by Crippen LogP contribution is 2.32. The lowest BCUT2D eigenvalue weighted by molar-refractivity contribution is -0.132. The quantitative estimate of drug-likeness (QED) is 0.471. The van der Waals surface area contributed by atoms with Gasteiger partial charge in [0.05, 0.1) is 11.6 Å². The van der Waals surface area contributed by atoms with Crippen LogP contribution in [0.15, 0.2) is 84.9 Å². The molecule has 0 atom stereocenters. The first-order chi connectivity index (χ1) is 15.2. The van der Waals surface area contributed by atoms with E-state index >= 15 is 0 Å². The molecule has 5 heteroatoms. The van der Waals surface area contributed by atoms with Crippen LogP contribution in [-0.2, 0) is 17.8 Å². The summed E-state index contributed by atoms with van der Waals surface area (Å²) in [6.45, 7) is 1.21. The van der Waals surface area contributed by atoms with E-state index in [1.807, 2.05) is 89.8 Å². The Balaban J connectivity index is 1.48. The Kier molecular flexibility index (Phi) is 5.31. The van der Waals surface area contributed by atoms with E-state index in [1.54, 1.807) is 0 Å². The van der Waals surface area contributed by atoms with Crippen LogP contribution in [0, 0.1) is 0 Å². The summed E-state index contributed by atoms with van der Waals surface area (Å²) in [5.41, 5.74) is 6.09. The van der Waals surface area contributed by atoms with E-state index in [9.17, 15) is 4.79 Å².